The molecule has 2 aromatic rings. The van der Waals surface area contributed by atoms with Crippen molar-refractivity contribution in [2.45, 2.75) is 33.1 Å². The highest BCUT2D eigenvalue weighted by Gasteiger charge is 2.19. The third-order valence-electron chi connectivity index (χ3n) is 2.39. The van der Waals surface area contributed by atoms with E-state index in [1.165, 1.54) is 4.88 Å². The fourth-order valence-electron chi connectivity index (χ4n) is 1.48. The SMILES string of the molecule is Cc1cc(-c2cc(Cl)nc(C(C)(C)C)n2)cs1. The molecule has 0 aromatic carbocycles. The minimum atomic E-state index is -0.0925. The smallest absolute Gasteiger partial charge is 0.136 e. The molecule has 0 aliphatic carbocycles. The van der Waals surface area contributed by atoms with Gasteiger partial charge >= 0.3 is 0 Å². The number of aryl methyl sites for hydroxylation is 1. The Bertz CT molecular complexity index is 541. The molecular weight excluding hydrogens is 252 g/mol. The van der Waals surface area contributed by atoms with Crippen LogP contribution in [0.5, 0.6) is 0 Å². The Labute approximate surface area is 111 Å². The molecule has 0 radical (unpaired) electrons. The minimum absolute atomic E-state index is 0.0925. The summed E-state index contributed by atoms with van der Waals surface area (Å²) in [4.78, 5) is 10.2. The minimum Gasteiger partial charge on any atom is -0.232 e. The van der Waals surface area contributed by atoms with Crippen molar-refractivity contribution in [1.29, 1.82) is 0 Å². The van der Waals surface area contributed by atoms with Crippen molar-refractivity contribution in [3.8, 4) is 11.3 Å². The summed E-state index contributed by atoms with van der Waals surface area (Å²) >= 11 is 7.78. The van der Waals surface area contributed by atoms with Crippen LogP contribution in [-0.2, 0) is 5.41 Å². The standard InChI is InChI=1S/C13H15ClN2S/c1-8-5-9(7-17-8)10-6-11(14)16-12(15-10)13(2,3)4/h5-7H,1-4H3. The summed E-state index contributed by atoms with van der Waals surface area (Å²) in [6, 6.07) is 3.94. The van der Waals surface area contributed by atoms with Crippen LogP contribution < -0.4 is 0 Å². The van der Waals surface area contributed by atoms with Crippen molar-refractivity contribution >= 4 is 22.9 Å². The van der Waals surface area contributed by atoms with Gasteiger partial charge in [-0.15, -0.1) is 11.3 Å². The van der Waals surface area contributed by atoms with Crippen molar-refractivity contribution in [2.75, 3.05) is 0 Å². The first-order chi connectivity index (χ1) is 7.86. The van der Waals surface area contributed by atoms with Gasteiger partial charge in [0.05, 0.1) is 5.69 Å². The topological polar surface area (TPSA) is 25.8 Å². The van der Waals surface area contributed by atoms with E-state index in [0.717, 1.165) is 17.1 Å². The molecular formula is C13H15ClN2S. The van der Waals surface area contributed by atoms with E-state index in [2.05, 4.69) is 49.1 Å². The predicted molar refractivity (Wildman–Crippen MR) is 73.8 cm³/mol. The second kappa shape index (κ2) is 4.39. The lowest BCUT2D eigenvalue weighted by Gasteiger charge is -2.17. The largest absolute Gasteiger partial charge is 0.232 e. The number of aromatic nitrogens is 2. The van der Waals surface area contributed by atoms with E-state index in [1.807, 2.05) is 6.07 Å². The van der Waals surface area contributed by atoms with Crippen LogP contribution in [0.4, 0.5) is 0 Å². The van der Waals surface area contributed by atoms with E-state index < -0.39 is 0 Å². The molecule has 0 saturated carbocycles. The van der Waals surface area contributed by atoms with E-state index in [4.69, 9.17) is 11.6 Å². The molecule has 2 heterocycles. The predicted octanol–water partition coefficient (Wildman–Crippen LogP) is 4.46. The number of thiophene rings is 1. The molecule has 17 heavy (non-hydrogen) atoms. The van der Waals surface area contributed by atoms with Crippen molar-refractivity contribution < 1.29 is 0 Å². The lowest BCUT2D eigenvalue weighted by atomic mass is 9.95. The number of hydrogen-bond donors (Lipinski definition) is 0. The summed E-state index contributed by atoms with van der Waals surface area (Å²) < 4.78 is 0. The highest BCUT2D eigenvalue weighted by molar-refractivity contribution is 7.10. The van der Waals surface area contributed by atoms with Crippen molar-refractivity contribution in [3.63, 3.8) is 0 Å². The van der Waals surface area contributed by atoms with E-state index in [1.54, 1.807) is 11.3 Å². The molecule has 0 aliphatic rings. The van der Waals surface area contributed by atoms with Crippen LogP contribution in [-0.4, -0.2) is 9.97 Å². The van der Waals surface area contributed by atoms with E-state index >= 15 is 0 Å². The maximum atomic E-state index is 6.07. The quantitative estimate of drug-likeness (QED) is 0.712. The molecule has 2 rings (SSSR count). The van der Waals surface area contributed by atoms with Crippen LogP contribution in [0.25, 0.3) is 11.3 Å². The number of hydrogen-bond acceptors (Lipinski definition) is 3. The summed E-state index contributed by atoms with van der Waals surface area (Å²) in [6.45, 7) is 8.34. The summed E-state index contributed by atoms with van der Waals surface area (Å²) in [7, 11) is 0. The molecule has 0 unspecified atom stereocenters. The molecule has 0 fully saturated rings. The third-order valence-corrected chi connectivity index (χ3v) is 3.45. The van der Waals surface area contributed by atoms with Crippen molar-refractivity contribution in [3.05, 3.63) is 33.4 Å². The summed E-state index contributed by atoms with van der Waals surface area (Å²) in [5.74, 6) is 0.781. The van der Waals surface area contributed by atoms with E-state index in [0.29, 0.717) is 5.15 Å². The molecule has 90 valence electrons. The van der Waals surface area contributed by atoms with Gasteiger partial charge in [-0.3, -0.25) is 0 Å². The maximum Gasteiger partial charge on any atom is 0.136 e. The Hall–Kier alpha value is -0.930. The van der Waals surface area contributed by atoms with Gasteiger partial charge < -0.3 is 0 Å². The molecule has 2 aromatic heterocycles. The van der Waals surface area contributed by atoms with Gasteiger partial charge in [0.2, 0.25) is 0 Å². The monoisotopic (exact) mass is 266 g/mol. The van der Waals surface area contributed by atoms with Crippen LogP contribution >= 0.6 is 22.9 Å². The lowest BCUT2D eigenvalue weighted by molar-refractivity contribution is 0.546. The van der Waals surface area contributed by atoms with Crippen LogP contribution in [0.1, 0.15) is 31.5 Å². The zero-order valence-electron chi connectivity index (χ0n) is 10.4. The molecule has 0 aliphatic heterocycles. The Balaban J connectivity index is 2.52. The Morgan fingerprint density at radius 1 is 1.18 bits per heavy atom. The number of rotatable bonds is 1. The Morgan fingerprint density at radius 2 is 1.88 bits per heavy atom. The zero-order valence-corrected chi connectivity index (χ0v) is 12.0. The van der Waals surface area contributed by atoms with Crippen LogP contribution in [0.3, 0.4) is 0 Å². The van der Waals surface area contributed by atoms with Gasteiger partial charge in [0.1, 0.15) is 11.0 Å². The zero-order chi connectivity index (χ0) is 12.6. The van der Waals surface area contributed by atoms with Crippen molar-refractivity contribution in [1.82, 2.24) is 9.97 Å². The number of halogens is 1. The molecule has 2 nitrogen and oxygen atoms in total. The highest BCUT2D eigenvalue weighted by atomic mass is 35.5. The fraction of sp³-hybridized carbons (Fsp3) is 0.385. The second-order valence-corrected chi connectivity index (χ2v) is 6.60. The summed E-state index contributed by atoms with van der Waals surface area (Å²) in [6.07, 6.45) is 0. The fourth-order valence-corrected chi connectivity index (χ4v) is 2.36. The average molecular weight is 267 g/mol. The third kappa shape index (κ3) is 2.85. The van der Waals surface area contributed by atoms with E-state index in [-0.39, 0.29) is 5.41 Å². The molecule has 4 heteroatoms. The van der Waals surface area contributed by atoms with Crippen molar-refractivity contribution in [2.24, 2.45) is 0 Å². The van der Waals surface area contributed by atoms with Gasteiger partial charge in [0.25, 0.3) is 0 Å². The molecule has 0 bridgehead atoms. The molecule has 0 amide bonds. The molecule has 0 N–H and O–H groups in total. The van der Waals surface area contributed by atoms with E-state index in [9.17, 15) is 0 Å². The Morgan fingerprint density at radius 3 is 2.41 bits per heavy atom. The van der Waals surface area contributed by atoms with Gasteiger partial charge in [0.15, 0.2) is 0 Å². The maximum absolute atomic E-state index is 6.07. The van der Waals surface area contributed by atoms with Crippen LogP contribution in [0, 0.1) is 6.92 Å². The number of nitrogens with zero attached hydrogens (tertiary/aromatic N) is 2. The average Bonchev–Trinajstić information content (AvgIpc) is 2.62. The van der Waals surface area contributed by atoms with Gasteiger partial charge in [0, 0.05) is 27.3 Å². The summed E-state index contributed by atoms with van der Waals surface area (Å²) in [5, 5.41) is 2.60. The van der Waals surface area contributed by atoms with Gasteiger partial charge in [-0.1, -0.05) is 32.4 Å². The Kier molecular flexibility index (Phi) is 3.23. The second-order valence-electron chi connectivity index (χ2n) is 5.10. The molecule has 0 saturated heterocycles. The van der Waals surface area contributed by atoms with Crippen LogP contribution in [0.15, 0.2) is 17.5 Å². The first kappa shape index (κ1) is 12.5. The van der Waals surface area contributed by atoms with Crippen LogP contribution in [0.2, 0.25) is 5.15 Å². The normalized spacial score (nSPS) is 11.8. The first-order valence-corrected chi connectivity index (χ1v) is 6.72. The summed E-state index contributed by atoms with van der Waals surface area (Å²) in [5.41, 5.74) is 1.92. The molecule has 0 spiro atoms. The van der Waals surface area contributed by atoms with Gasteiger partial charge in [-0.25, -0.2) is 9.97 Å². The first-order valence-electron chi connectivity index (χ1n) is 5.47. The highest BCUT2D eigenvalue weighted by Crippen LogP contribution is 2.28. The van der Waals surface area contributed by atoms with Gasteiger partial charge in [-0.2, -0.15) is 0 Å². The van der Waals surface area contributed by atoms with Gasteiger partial charge in [-0.05, 0) is 13.0 Å². The molecule has 0 atom stereocenters. The lowest BCUT2D eigenvalue weighted by Crippen LogP contribution is -2.16.